The first kappa shape index (κ1) is 26.2. The first-order chi connectivity index (χ1) is 17.1. The van der Waals surface area contributed by atoms with Crippen LogP contribution in [-0.4, -0.2) is 64.3 Å². The lowest BCUT2D eigenvalue weighted by molar-refractivity contribution is -0.192. The van der Waals surface area contributed by atoms with Gasteiger partial charge < -0.3 is 15.3 Å². The van der Waals surface area contributed by atoms with E-state index < -0.39 is 12.1 Å². The average molecular weight is 566 g/mol. The van der Waals surface area contributed by atoms with E-state index in [9.17, 15) is 13.2 Å². The van der Waals surface area contributed by atoms with Gasteiger partial charge in [-0.1, -0.05) is 34.1 Å². The number of halogens is 4. The maximum absolute atomic E-state index is 10.6. The van der Waals surface area contributed by atoms with E-state index in [4.69, 9.17) is 19.9 Å². The topological polar surface area (TPSA) is 81.6 Å². The zero-order chi connectivity index (χ0) is 25.9. The lowest BCUT2D eigenvalue weighted by Crippen LogP contribution is -2.46. The van der Waals surface area contributed by atoms with Crippen LogP contribution in [0.4, 0.5) is 24.8 Å². The predicted octanol–water partition coefficient (Wildman–Crippen LogP) is 5.23. The van der Waals surface area contributed by atoms with E-state index in [0.29, 0.717) is 6.04 Å². The van der Waals surface area contributed by atoms with Crippen molar-refractivity contribution in [2.45, 2.75) is 38.5 Å². The summed E-state index contributed by atoms with van der Waals surface area (Å²) in [6.07, 6.45) is -2.62. The fourth-order valence-electron chi connectivity index (χ4n) is 3.92. The number of rotatable bonds is 5. The molecule has 5 rings (SSSR count). The van der Waals surface area contributed by atoms with Crippen molar-refractivity contribution in [3.8, 4) is 0 Å². The number of carboxylic acid groups (broad SMARTS) is 1. The summed E-state index contributed by atoms with van der Waals surface area (Å²) < 4.78 is 32.9. The number of anilines is 2. The van der Waals surface area contributed by atoms with Crippen molar-refractivity contribution in [1.82, 2.24) is 14.9 Å². The van der Waals surface area contributed by atoms with Gasteiger partial charge in [0.15, 0.2) is 11.6 Å². The number of fused-ring (bicyclic) bond motifs is 1. The zero-order valence-corrected chi connectivity index (χ0v) is 21.3. The number of hydrogen-bond acceptors (Lipinski definition) is 6. The first-order valence-electron chi connectivity index (χ1n) is 11.7. The number of nitrogens with zero attached hydrogens (tertiary/aromatic N) is 4. The van der Waals surface area contributed by atoms with Crippen LogP contribution in [0.1, 0.15) is 24.0 Å². The van der Waals surface area contributed by atoms with Crippen LogP contribution in [0.25, 0.3) is 11.0 Å². The van der Waals surface area contributed by atoms with E-state index in [0.717, 1.165) is 59.9 Å². The van der Waals surface area contributed by atoms with Gasteiger partial charge >= 0.3 is 12.1 Å². The smallest absolute Gasteiger partial charge is 0.475 e. The molecule has 0 bridgehead atoms. The maximum atomic E-state index is 10.6. The highest BCUT2D eigenvalue weighted by molar-refractivity contribution is 9.10. The molecule has 1 saturated carbocycles. The van der Waals surface area contributed by atoms with E-state index in [1.807, 2.05) is 18.2 Å². The van der Waals surface area contributed by atoms with Gasteiger partial charge in [0, 0.05) is 43.2 Å². The van der Waals surface area contributed by atoms with Gasteiger partial charge in [0.25, 0.3) is 0 Å². The van der Waals surface area contributed by atoms with E-state index in [2.05, 4.69) is 62.2 Å². The molecular weight excluding hydrogens is 539 g/mol. The highest BCUT2D eigenvalue weighted by Crippen LogP contribution is 2.31. The van der Waals surface area contributed by atoms with E-state index in [1.54, 1.807) is 0 Å². The molecule has 1 aliphatic carbocycles. The molecule has 0 unspecified atom stereocenters. The fraction of sp³-hybridized carbons (Fsp3) is 0.400. The Hall–Kier alpha value is -2.92. The molecule has 36 heavy (non-hydrogen) atoms. The summed E-state index contributed by atoms with van der Waals surface area (Å²) in [6, 6.07) is 15.3. The second-order valence-corrected chi connectivity index (χ2v) is 9.86. The summed E-state index contributed by atoms with van der Waals surface area (Å²) in [7, 11) is 0. The number of carbonyl (C=O) groups is 1. The first-order valence-corrected chi connectivity index (χ1v) is 12.4. The molecule has 0 spiro atoms. The quantitative estimate of drug-likeness (QED) is 0.438. The third kappa shape index (κ3) is 6.85. The molecule has 192 valence electrons. The third-order valence-electron chi connectivity index (χ3n) is 6.08. The van der Waals surface area contributed by atoms with Gasteiger partial charge in [-0.05, 0) is 55.2 Å². The number of alkyl halides is 3. The summed E-state index contributed by atoms with van der Waals surface area (Å²) in [5.41, 5.74) is 4.68. The summed E-state index contributed by atoms with van der Waals surface area (Å²) in [6.45, 7) is 7.21. The van der Waals surface area contributed by atoms with Crippen molar-refractivity contribution < 1.29 is 23.1 Å². The minimum Gasteiger partial charge on any atom is -0.475 e. The molecule has 1 aromatic heterocycles. The number of aryl methyl sites for hydroxylation is 1. The van der Waals surface area contributed by atoms with E-state index >= 15 is 0 Å². The molecule has 0 atom stereocenters. The van der Waals surface area contributed by atoms with Crippen molar-refractivity contribution in [2.24, 2.45) is 0 Å². The minimum atomic E-state index is -5.08. The monoisotopic (exact) mass is 565 g/mol. The Morgan fingerprint density at radius 3 is 2.25 bits per heavy atom. The highest BCUT2D eigenvalue weighted by Gasteiger charge is 2.38. The van der Waals surface area contributed by atoms with Gasteiger partial charge in [0.05, 0.1) is 11.0 Å². The Balaban J connectivity index is 0.000000384. The number of aliphatic carboxylic acids is 1. The second kappa shape index (κ2) is 11.0. The minimum absolute atomic E-state index is 0.561. The number of para-hydroxylation sites is 2. The lowest BCUT2D eigenvalue weighted by atomic mass is 10.1. The Labute approximate surface area is 215 Å². The van der Waals surface area contributed by atoms with Crippen LogP contribution in [0.2, 0.25) is 0 Å². The maximum Gasteiger partial charge on any atom is 0.490 e. The molecule has 1 aliphatic heterocycles. The van der Waals surface area contributed by atoms with Crippen LogP contribution in [0, 0.1) is 6.92 Å². The van der Waals surface area contributed by atoms with Crippen molar-refractivity contribution in [3.63, 3.8) is 0 Å². The van der Waals surface area contributed by atoms with Crippen LogP contribution in [-0.2, 0) is 11.3 Å². The number of benzene rings is 2. The van der Waals surface area contributed by atoms with Crippen LogP contribution in [0.15, 0.2) is 46.9 Å². The van der Waals surface area contributed by atoms with Crippen molar-refractivity contribution in [3.05, 3.63) is 58.1 Å². The molecule has 11 heteroatoms. The molecular formula is C25H27BrF3N5O2. The van der Waals surface area contributed by atoms with Gasteiger partial charge in [-0.15, -0.1) is 0 Å². The SMILES string of the molecule is Cc1cc(Br)ccc1CN1CCN(c2nc3ccccc3nc2NC2CC2)CC1.O=C(O)C(F)(F)F. The molecule has 2 aliphatic rings. The second-order valence-electron chi connectivity index (χ2n) is 8.94. The largest absolute Gasteiger partial charge is 0.490 e. The highest BCUT2D eigenvalue weighted by atomic mass is 79.9. The van der Waals surface area contributed by atoms with Gasteiger partial charge in [0.1, 0.15) is 0 Å². The van der Waals surface area contributed by atoms with E-state index in [-0.39, 0.29) is 0 Å². The number of aromatic nitrogens is 2. The molecule has 3 aromatic rings. The molecule has 7 nitrogen and oxygen atoms in total. The number of carboxylic acids is 1. The standard InChI is InChI=1S/C23H26BrN5.C2HF3O2/c1-16-14-18(24)7-6-17(16)15-28-10-12-29(13-11-28)23-22(25-19-8-9-19)26-20-4-2-3-5-21(20)27-23;3-2(4,5)1(6)7/h2-7,14,19H,8-13,15H2,1H3,(H,25,26);(H,6,7). The average Bonchev–Trinajstić information content (AvgIpc) is 3.65. The van der Waals surface area contributed by atoms with Gasteiger partial charge in [-0.25, -0.2) is 14.8 Å². The third-order valence-corrected chi connectivity index (χ3v) is 6.58. The normalized spacial score (nSPS) is 16.4. The molecule has 2 fully saturated rings. The van der Waals surface area contributed by atoms with Gasteiger partial charge in [-0.3, -0.25) is 4.90 Å². The molecule has 2 aromatic carbocycles. The Morgan fingerprint density at radius 1 is 1.08 bits per heavy atom. The molecule has 1 saturated heterocycles. The summed E-state index contributed by atoms with van der Waals surface area (Å²) >= 11 is 3.56. The number of nitrogens with one attached hydrogen (secondary N) is 1. The van der Waals surface area contributed by atoms with Gasteiger partial charge in [0.2, 0.25) is 0 Å². The molecule has 0 amide bonds. The van der Waals surface area contributed by atoms with Crippen LogP contribution in [0.5, 0.6) is 0 Å². The van der Waals surface area contributed by atoms with Gasteiger partial charge in [-0.2, -0.15) is 13.2 Å². The summed E-state index contributed by atoms with van der Waals surface area (Å²) in [5, 5.41) is 10.7. The van der Waals surface area contributed by atoms with E-state index in [1.165, 1.54) is 24.0 Å². The zero-order valence-electron chi connectivity index (χ0n) is 19.7. The Bertz CT molecular complexity index is 1230. The van der Waals surface area contributed by atoms with Crippen molar-refractivity contribution >= 4 is 44.6 Å². The Morgan fingerprint density at radius 2 is 1.69 bits per heavy atom. The van der Waals surface area contributed by atoms with Crippen LogP contribution in [0.3, 0.4) is 0 Å². The Kier molecular flexibility index (Phi) is 7.99. The molecule has 2 heterocycles. The van der Waals surface area contributed by atoms with Crippen molar-refractivity contribution in [2.75, 3.05) is 36.4 Å². The van der Waals surface area contributed by atoms with Crippen LogP contribution >= 0.6 is 15.9 Å². The fourth-order valence-corrected chi connectivity index (χ4v) is 4.40. The van der Waals surface area contributed by atoms with Crippen LogP contribution < -0.4 is 10.2 Å². The number of hydrogen-bond donors (Lipinski definition) is 2. The van der Waals surface area contributed by atoms with Crippen molar-refractivity contribution in [1.29, 1.82) is 0 Å². The summed E-state index contributed by atoms with van der Waals surface area (Å²) in [4.78, 5) is 23.7. The lowest BCUT2D eigenvalue weighted by Gasteiger charge is -2.36. The molecule has 0 radical (unpaired) electrons. The molecule has 2 N–H and O–H groups in total. The predicted molar refractivity (Wildman–Crippen MR) is 136 cm³/mol. The number of piperazine rings is 1. The summed E-state index contributed by atoms with van der Waals surface area (Å²) in [5.74, 6) is -0.800.